The second-order valence-electron chi connectivity index (χ2n) is 6.77. The first kappa shape index (κ1) is 16.7. The van der Waals surface area contributed by atoms with Gasteiger partial charge in [-0.25, -0.2) is 0 Å². The van der Waals surface area contributed by atoms with E-state index in [1.807, 2.05) is 12.1 Å². The number of rotatable bonds is 3. The Morgan fingerprint density at radius 2 is 2.08 bits per heavy atom. The lowest BCUT2D eigenvalue weighted by Crippen LogP contribution is -2.44. The minimum absolute atomic E-state index is 0.0196. The number of hydrogen-bond acceptors (Lipinski definition) is 4. The summed E-state index contributed by atoms with van der Waals surface area (Å²) in [5, 5.41) is 0. The number of piperidine rings is 1. The van der Waals surface area contributed by atoms with Crippen LogP contribution in [-0.2, 0) is 22.4 Å². The molecular weight excluding hydrogens is 300 g/mol. The lowest BCUT2D eigenvalue weighted by molar-refractivity contribution is -0.114. The fourth-order valence-corrected chi connectivity index (χ4v) is 3.45. The fraction of sp³-hybridized carbons (Fsp3) is 0.500. The monoisotopic (exact) mass is 324 g/mol. The average molecular weight is 324 g/mol. The van der Waals surface area contributed by atoms with E-state index in [1.165, 1.54) is 0 Å². The smallest absolute Gasteiger partial charge is 0.177 e. The van der Waals surface area contributed by atoms with Crippen LogP contribution < -0.4 is 0 Å². The maximum atomic E-state index is 12.5. The van der Waals surface area contributed by atoms with Gasteiger partial charge in [-0.2, -0.15) is 0 Å². The van der Waals surface area contributed by atoms with Gasteiger partial charge in [-0.15, -0.1) is 6.42 Å². The number of ether oxygens (including phenoxy) is 1. The Morgan fingerprint density at radius 1 is 1.38 bits per heavy atom. The van der Waals surface area contributed by atoms with Crippen LogP contribution in [0.15, 0.2) is 17.7 Å². The molecule has 0 amide bonds. The summed E-state index contributed by atoms with van der Waals surface area (Å²) in [6.07, 6.45) is 8.71. The molecule has 0 N–H and O–H groups in total. The predicted molar refractivity (Wildman–Crippen MR) is 94.3 cm³/mol. The molecule has 0 bridgehead atoms. The molecule has 1 aliphatic heterocycles. The molecular formula is C20H24N2O2. The second kappa shape index (κ2) is 6.41. The molecule has 126 valence electrons. The molecule has 4 heteroatoms. The van der Waals surface area contributed by atoms with Crippen molar-refractivity contribution in [1.82, 2.24) is 9.88 Å². The summed E-state index contributed by atoms with van der Waals surface area (Å²) in [5.74, 6) is 2.65. The van der Waals surface area contributed by atoms with Crippen molar-refractivity contribution in [3.05, 3.63) is 34.7 Å². The molecule has 4 nitrogen and oxygen atoms in total. The van der Waals surface area contributed by atoms with Crippen LogP contribution in [-0.4, -0.2) is 41.5 Å². The molecule has 1 aliphatic carbocycles. The Labute approximate surface area is 143 Å². The molecule has 2 aliphatic rings. The van der Waals surface area contributed by atoms with Gasteiger partial charge in [-0.05, 0) is 37.8 Å². The van der Waals surface area contributed by atoms with Crippen molar-refractivity contribution >= 4 is 11.5 Å². The van der Waals surface area contributed by atoms with Gasteiger partial charge in [0.2, 0.25) is 0 Å². The van der Waals surface area contributed by atoms with Gasteiger partial charge in [0.1, 0.15) is 0 Å². The molecule has 0 saturated carbocycles. The lowest BCUT2D eigenvalue weighted by Gasteiger charge is -2.41. The van der Waals surface area contributed by atoms with E-state index < -0.39 is 0 Å². The summed E-state index contributed by atoms with van der Waals surface area (Å²) < 4.78 is 5.63. The second-order valence-corrected chi connectivity index (χ2v) is 6.77. The van der Waals surface area contributed by atoms with Gasteiger partial charge in [0.05, 0.1) is 22.6 Å². The molecule has 0 spiro atoms. The number of hydrogen-bond donors (Lipinski definition) is 0. The van der Waals surface area contributed by atoms with Gasteiger partial charge in [0.25, 0.3) is 0 Å². The maximum absolute atomic E-state index is 12.5. The van der Waals surface area contributed by atoms with Crippen LogP contribution in [0.1, 0.15) is 43.6 Å². The third-order valence-corrected chi connectivity index (χ3v) is 5.26. The number of ketones is 1. The Hall–Kier alpha value is -2.12. The van der Waals surface area contributed by atoms with Crippen LogP contribution in [0.25, 0.3) is 5.70 Å². The summed E-state index contributed by atoms with van der Waals surface area (Å²) in [4.78, 5) is 19.5. The van der Waals surface area contributed by atoms with Crippen LogP contribution >= 0.6 is 0 Å². The van der Waals surface area contributed by atoms with Crippen molar-refractivity contribution < 1.29 is 9.53 Å². The maximum Gasteiger partial charge on any atom is 0.177 e. The molecule has 0 radical (unpaired) electrons. The molecule has 1 aromatic heterocycles. The number of terminal acetylenes is 1. The molecule has 3 rings (SSSR count). The third-order valence-electron chi connectivity index (χ3n) is 5.26. The van der Waals surface area contributed by atoms with E-state index >= 15 is 0 Å². The van der Waals surface area contributed by atoms with Crippen LogP contribution in [0.2, 0.25) is 0 Å². The van der Waals surface area contributed by atoms with Crippen LogP contribution in [0.4, 0.5) is 0 Å². The minimum atomic E-state index is -0.104. The SMILES string of the molecule is C#CC1=C(N2CCC(C)(OC)CC2)c2nc(CC)ccc2CC1=O. The Kier molecular flexibility index (Phi) is 4.47. The summed E-state index contributed by atoms with van der Waals surface area (Å²) >= 11 is 0. The quantitative estimate of drug-likeness (QED) is 0.802. The molecule has 1 saturated heterocycles. The highest BCUT2D eigenvalue weighted by atomic mass is 16.5. The normalized spacial score (nSPS) is 19.9. The number of Topliss-reactive ketones (excluding diaryl/α,β-unsaturated/α-hetero) is 1. The number of carbonyl (C=O) groups excluding carboxylic acids is 1. The van der Waals surface area contributed by atoms with E-state index in [-0.39, 0.29) is 11.4 Å². The third kappa shape index (κ3) is 2.85. The molecule has 24 heavy (non-hydrogen) atoms. The number of methoxy groups -OCH3 is 1. The minimum Gasteiger partial charge on any atom is -0.378 e. The van der Waals surface area contributed by atoms with E-state index in [0.717, 1.165) is 55.0 Å². The van der Waals surface area contributed by atoms with Gasteiger partial charge in [-0.1, -0.05) is 18.9 Å². The molecule has 1 fully saturated rings. The van der Waals surface area contributed by atoms with Crippen LogP contribution in [0, 0.1) is 12.3 Å². The highest BCUT2D eigenvalue weighted by molar-refractivity contribution is 6.09. The summed E-state index contributed by atoms with van der Waals surface area (Å²) in [5.41, 5.74) is 4.11. The number of carbonyl (C=O) groups is 1. The van der Waals surface area contributed by atoms with Crippen molar-refractivity contribution in [3.8, 4) is 12.3 Å². The van der Waals surface area contributed by atoms with E-state index in [1.54, 1.807) is 7.11 Å². The van der Waals surface area contributed by atoms with Crippen molar-refractivity contribution in [1.29, 1.82) is 0 Å². The zero-order valence-electron chi connectivity index (χ0n) is 14.7. The zero-order chi connectivity index (χ0) is 17.3. The van der Waals surface area contributed by atoms with Crippen molar-refractivity contribution in [2.45, 2.75) is 45.1 Å². The molecule has 0 unspecified atom stereocenters. The first-order chi connectivity index (χ1) is 11.5. The number of allylic oxidation sites excluding steroid dienone is 1. The summed E-state index contributed by atoms with van der Waals surface area (Å²) in [6, 6.07) is 4.03. The van der Waals surface area contributed by atoms with E-state index in [2.05, 4.69) is 24.7 Å². The van der Waals surface area contributed by atoms with Gasteiger partial charge in [0, 0.05) is 32.3 Å². The number of pyridine rings is 1. The molecule has 2 heterocycles. The highest BCUT2D eigenvalue weighted by Gasteiger charge is 2.35. The average Bonchev–Trinajstić information content (AvgIpc) is 2.61. The van der Waals surface area contributed by atoms with Crippen molar-refractivity contribution in [2.24, 2.45) is 0 Å². The van der Waals surface area contributed by atoms with Crippen LogP contribution in [0.3, 0.4) is 0 Å². The molecule has 0 atom stereocenters. The lowest BCUT2D eigenvalue weighted by atomic mass is 9.88. The van der Waals surface area contributed by atoms with Crippen molar-refractivity contribution in [2.75, 3.05) is 20.2 Å². The molecule has 0 aromatic carbocycles. The van der Waals surface area contributed by atoms with Gasteiger partial charge in [0.15, 0.2) is 5.78 Å². The fourth-order valence-electron chi connectivity index (χ4n) is 3.45. The summed E-state index contributed by atoms with van der Waals surface area (Å²) in [6.45, 7) is 5.85. The van der Waals surface area contributed by atoms with E-state index in [0.29, 0.717) is 12.0 Å². The Morgan fingerprint density at radius 3 is 2.67 bits per heavy atom. The van der Waals surface area contributed by atoms with Gasteiger partial charge >= 0.3 is 0 Å². The largest absolute Gasteiger partial charge is 0.378 e. The topological polar surface area (TPSA) is 42.4 Å². The first-order valence-corrected chi connectivity index (χ1v) is 8.54. The van der Waals surface area contributed by atoms with Crippen LogP contribution in [0.5, 0.6) is 0 Å². The Balaban J connectivity index is 2.04. The number of fused-ring (bicyclic) bond motifs is 1. The van der Waals surface area contributed by atoms with E-state index in [4.69, 9.17) is 16.1 Å². The predicted octanol–water partition coefficient (Wildman–Crippen LogP) is 2.61. The standard InChI is InChI=1S/C20H24N2O2/c1-5-15-8-7-14-13-17(23)16(6-2)19(18(14)21-15)22-11-9-20(3,24-4)10-12-22/h2,7-8H,5,9-13H2,1,3-4H3. The summed E-state index contributed by atoms with van der Waals surface area (Å²) in [7, 11) is 1.76. The van der Waals surface area contributed by atoms with E-state index in [9.17, 15) is 4.79 Å². The first-order valence-electron chi connectivity index (χ1n) is 8.54. The number of aromatic nitrogens is 1. The van der Waals surface area contributed by atoms with Crippen molar-refractivity contribution in [3.63, 3.8) is 0 Å². The molecule has 1 aromatic rings. The highest BCUT2D eigenvalue weighted by Crippen LogP contribution is 2.35. The number of likely N-dealkylation sites (tertiary alicyclic amines) is 1. The number of aryl methyl sites for hydroxylation is 1. The number of nitrogens with zero attached hydrogens (tertiary/aromatic N) is 2. The Bertz CT molecular complexity index is 734. The van der Waals surface area contributed by atoms with Gasteiger partial charge < -0.3 is 9.64 Å². The van der Waals surface area contributed by atoms with Gasteiger partial charge in [-0.3, -0.25) is 9.78 Å². The zero-order valence-corrected chi connectivity index (χ0v) is 14.7.